The maximum absolute atomic E-state index is 11.8. The van der Waals surface area contributed by atoms with Crippen LogP contribution in [0.3, 0.4) is 0 Å². The number of ether oxygens (including phenoxy) is 1. The Balaban J connectivity index is 4.52. The summed E-state index contributed by atoms with van der Waals surface area (Å²) in [5.41, 5.74) is -1.83. The molecule has 0 aromatic carbocycles. The lowest BCUT2D eigenvalue weighted by atomic mass is 9.82. The largest absolute Gasteiger partial charge is 0.460 e. The zero-order chi connectivity index (χ0) is 14.9. The second-order valence-electron chi connectivity index (χ2n) is 5.88. The molecule has 0 rings (SSSR count). The number of esters is 1. The zero-order valence-electron chi connectivity index (χ0n) is 12.5. The van der Waals surface area contributed by atoms with Gasteiger partial charge in [-0.25, -0.2) is 0 Å². The van der Waals surface area contributed by atoms with Crippen LogP contribution in [0.4, 0.5) is 0 Å². The SMILES string of the molecule is CCCCCCC(C#N)(C#N)CC(=O)OC(C)(C)C. The maximum Gasteiger partial charge on any atom is 0.309 e. The molecule has 0 aliphatic rings. The van der Waals surface area contributed by atoms with Crippen molar-refractivity contribution >= 4 is 5.97 Å². The third kappa shape index (κ3) is 7.47. The van der Waals surface area contributed by atoms with Crippen LogP contribution in [0.15, 0.2) is 0 Å². The predicted molar refractivity (Wildman–Crippen MR) is 72.9 cm³/mol. The van der Waals surface area contributed by atoms with Crippen LogP contribution in [0.2, 0.25) is 0 Å². The van der Waals surface area contributed by atoms with Crippen LogP contribution in [0.25, 0.3) is 0 Å². The minimum atomic E-state index is -1.24. The quantitative estimate of drug-likeness (QED) is 0.519. The van der Waals surface area contributed by atoms with E-state index in [1.54, 1.807) is 20.8 Å². The smallest absolute Gasteiger partial charge is 0.309 e. The number of carbonyl (C=O) groups is 1. The lowest BCUT2D eigenvalue weighted by Gasteiger charge is -2.23. The van der Waals surface area contributed by atoms with Crippen molar-refractivity contribution in [1.29, 1.82) is 10.5 Å². The first-order valence-corrected chi connectivity index (χ1v) is 6.83. The molecule has 0 aliphatic heterocycles. The van der Waals surface area contributed by atoms with Crippen LogP contribution < -0.4 is 0 Å². The van der Waals surface area contributed by atoms with E-state index in [4.69, 9.17) is 4.74 Å². The van der Waals surface area contributed by atoms with Gasteiger partial charge in [0.2, 0.25) is 0 Å². The van der Waals surface area contributed by atoms with E-state index >= 15 is 0 Å². The van der Waals surface area contributed by atoms with Gasteiger partial charge in [0.05, 0.1) is 18.6 Å². The van der Waals surface area contributed by atoms with Crippen molar-refractivity contribution in [3.63, 3.8) is 0 Å². The fraction of sp³-hybridized carbons (Fsp3) is 0.800. The number of nitrogens with zero attached hydrogens (tertiary/aromatic N) is 2. The average Bonchev–Trinajstić information content (AvgIpc) is 2.31. The van der Waals surface area contributed by atoms with E-state index in [-0.39, 0.29) is 6.42 Å². The van der Waals surface area contributed by atoms with Crippen molar-refractivity contribution in [3.05, 3.63) is 0 Å². The first-order valence-electron chi connectivity index (χ1n) is 6.83. The van der Waals surface area contributed by atoms with E-state index < -0.39 is 17.0 Å². The Morgan fingerprint density at radius 3 is 2.11 bits per heavy atom. The number of hydrogen-bond donors (Lipinski definition) is 0. The molecule has 0 saturated carbocycles. The Morgan fingerprint density at radius 1 is 1.11 bits per heavy atom. The molecule has 0 saturated heterocycles. The van der Waals surface area contributed by atoms with Gasteiger partial charge >= 0.3 is 5.97 Å². The molecule has 0 unspecified atom stereocenters. The van der Waals surface area contributed by atoms with Crippen molar-refractivity contribution in [2.45, 2.75) is 71.8 Å². The van der Waals surface area contributed by atoms with Gasteiger partial charge in [-0.2, -0.15) is 10.5 Å². The van der Waals surface area contributed by atoms with Crippen LogP contribution in [0.5, 0.6) is 0 Å². The second kappa shape index (κ2) is 7.79. The Hall–Kier alpha value is -1.55. The molecule has 0 spiro atoms. The minimum Gasteiger partial charge on any atom is -0.460 e. The molecule has 0 fully saturated rings. The first-order chi connectivity index (χ1) is 8.78. The highest BCUT2D eigenvalue weighted by Gasteiger charge is 2.34. The third-order valence-electron chi connectivity index (χ3n) is 2.75. The number of nitriles is 2. The van der Waals surface area contributed by atoms with Crippen molar-refractivity contribution < 1.29 is 9.53 Å². The monoisotopic (exact) mass is 264 g/mol. The Morgan fingerprint density at radius 2 is 1.68 bits per heavy atom. The molecule has 0 radical (unpaired) electrons. The number of unbranched alkanes of at least 4 members (excludes halogenated alkanes) is 3. The van der Waals surface area contributed by atoms with Gasteiger partial charge in [0, 0.05) is 0 Å². The summed E-state index contributed by atoms with van der Waals surface area (Å²) in [6.45, 7) is 7.41. The lowest BCUT2D eigenvalue weighted by Crippen LogP contribution is -2.29. The number of hydrogen-bond acceptors (Lipinski definition) is 4. The molecule has 4 heteroatoms. The highest BCUT2D eigenvalue weighted by Crippen LogP contribution is 2.29. The minimum absolute atomic E-state index is 0.149. The molecular formula is C15H24N2O2. The standard InChI is InChI=1S/C15H24N2O2/c1-5-6-7-8-9-15(11-16,12-17)10-13(18)19-14(2,3)4/h5-10H2,1-4H3. The summed E-state index contributed by atoms with van der Waals surface area (Å²) in [6, 6.07) is 3.99. The van der Waals surface area contributed by atoms with Crippen molar-refractivity contribution in [3.8, 4) is 12.1 Å². The van der Waals surface area contributed by atoms with Crippen molar-refractivity contribution in [1.82, 2.24) is 0 Å². The van der Waals surface area contributed by atoms with E-state index in [2.05, 4.69) is 6.92 Å². The normalized spacial score (nSPS) is 11.5. The van der Waals surface area contributed by atoms with Crippen LogP contribution in [-0.2, 0) is 9.53 Å². The van der Waals surface area contributed by atoms with E-state index in [1.807, 2.05) is 12.1 Å². The van der Waals surface area contributed by atoms with Crippen LogP contribution >= 0.6 is 0 Å². The molecule has 0 N–H and O–H groups in total. The number of carbonyl (C=O) groups excluding carboxylic acids is 1. The first kappa shape index (κ1) is 17.4. The molecule has 0 amide bonds. The van der Waals surface area contributed by atoms with Gasteiger partial charge in [-0.05, 0) is 27.2 Å². The van der Waals surface area contributed by atoms with Gasteiger partial charge in [-0.3, -0.25) is 4.79 Å². The molecule has 0 bridgehead atoms. The fourth-order valence-corrected chi connectivity index (χ4v) is 1.78. The number of rotatable bonds is 7. The average molecular weight is 264 g/mol. The summed E-state index contributed by atoms with van der Waals surface area (Å²) in [4.78, 5) is 11.8. The Bertz CT molecular complexity index is 355. The zero-order valence-corrected chi connectivity index (χ0v) is 12.5. The van der Waals surface area contributed by atoms with Crippen LogP contribution in [0.1, 0.15) is 66.2 Å². The molecule has 0 aromatic rings. The summed E-state index contributed by atoms with van der Waals surface area (Å²) in [5.74, 6) is -0.480. The van der Waals surface area contributed by atoms with Gasteiger partial charge in [0.25, 0.3) is 0 Å². The molecule has 106 valence electrons. The van der Waals surface area contributed by atoms with Gasteiger partial charge < -0.3 is 4.74 Å². The van der Waals surface area contributed by atoms with Crippen molar-refractivity contribution in [2.24, 2.45) is 5.41 Å². The van der Waals surface area contributed by atoms with E-state index in [0.29, 0.717) is 6.42 Å². The molecule has 0 heterocycles. The van der Waals surface area contributed by atoms with Gasteiger partial charge in [0.15, 0.2) is 5.41 Å². The molecule has 0 atom stereocenters. The maximum atomic E-state index is 11.8. The van der Waals surface area contributed by atoms with Crippen LogP contribution in [-0.4, -0.2) is 11.6 Å². The van der Waals surface area contributed by atoms with Gasteiger partial charge in [-0.1, -0.05) is 32.6 Å². The predicted octanol–water partition coefficient (Wildman–Crippen LogP) is 3.72. The van der Waals surface area contributed by atoms with E-state index in [1.165, 1.54) is 0 Å². The topological polar surface area (TPSA) is 73.9 Å². The van der Waals surface area contributed by atoms with Gasteiger partial charge in [0.1, 0.15) is 5.60 Å². The molecule has 0 aliphatic carbocycles. The highest BCUT2D eigenvalue weighted by molar-refractivity contribution is 5.72. The fourth-order valence-electron chi connectivity index (χ4n) is 1.78. The van der Waals surface area contributed by atoms with E-state index in [9.17, 15) is 15.3 Å². The summed E-state index contributed by atoms with van der Waals surface area (Å²) in [7, 11) is 0. The highest BCUT2D eigenvalue weighted by atomic mass is 16.6. The Kier molecular flexibility index (Phi) is 7.16. The summed E-state index contributed by atoms with van der Waals surface area (Å²) in [6.07, 6.45) is 4.23. The summed E-state index contributed by atoms with van der Waals surface area (Å²) in [5, 5.41) is 18.4. The van der Waals surface area contributed by atoms with Crippen LogP contribution in [0, 0.1) is 28.1 Å². The third-order valence-corrected chi connectivity index (χ3v) is 2.75. The molecule has 19 heavy (non-hydrogen) atoms. The summed E-state index contributed by atoms with van der Waals surface area (Å²) < 4.78 is 5.18. The molecule has 0 aromatic heterocycles. The Labute approximate surface area is 116 Å². The lowest BCUT2D eigenvalue weighted by molar-refractivity contribution is -0.156. The molecular weight excluding hydrogens is 240 g/mol. The van der Waals surface area contributed by atoms with Crippen molar-refractivity contribution in [2.75, 3.05) is 0 Å². The van der Waals surface area contributed by atoms with Gasteiger partial charge in [-0.15, -0.1) is 0 Å². The van der Waals surface area contributed by atoms with E-state index in [0.717, 1.165) is 25.7 Å². The molecule has 4 nitrogen and oxygen atoms in total. The second-order valence-corrected chi connectivity index (χ2v) is 5.88. The summed E-state index contributed by atoms with van der Waals surface area (Å²) >= 11 is 0.